The van der Waals surface area contributed by atoms with Crippen LogP contribution in [0.15, 0.2) is 15.2 Å². The summed E-state index contributed by atoms with van der Waals surface area (Å²) in [7, 11) is 3.92. The second-order valence-corrected chi connectivity index (χ2v) is 7.12. The van der Waals surface area contributed by atoms with Gasteiger partial charge in [-0.1, -0.05) is 12.2 Å². The third-order valence-electron chi connectivity index (χ3n) is 2.84. The molecule has 0 atom stereocenters. The highest BCUT2D eigenvalue weighted by molar-refractivity contribution is 9.11. The molecule has 2 N–H and O–H groups in total. The second kappa shape index (κ2) is 5.60. The summed E-state index contributed by atoms with van der Waals surface area (Å²) < 4.78 is 2.96. The molecule has 2 rings (SSSR count). The highest BCUT2D eigenvalue weighted by atomic mass is 79.9. The smallest absolute Gasteiger partial charge is 0.137 e. The second-order valence-electron chi connectivity index (χ2n) is 4.39. The molecule has 7 heteroatoms. The summed E-state index contributed by atoms with van der Waals surface area (Å²) in [4.78, 5) is 2.50. The van der Waals surface area contributed by atoms with E-state index in [1.807, 2.05) is 25.7 Å². The first kappa shape index (κ1) is 14.5. The van der Waals surface area contributed by atoms with Crippen molar-refractivity contribution in [3.05, 3.63) is 32.1 Å². The summed E-state index contributed by atoms with van der Waals surface area (Å²) in [6, 6.07) is 2.12. The van der Waals surface area contributed by atoms with Crippen LogP contribution in [0.5, 0.6) is 0 Å². The Morgan fingerprint density at radius 3 is 2.84 bits per heavy atom. The van der Waals surface area contributed by atoms with Crippen LogP contribution in [0.3, 0.4) is 0 Å². The predicted octanol–water partition coefficient (Wildman–Crippen LogP) is 2.82. The zero-order chi connectivity index (χ0) is 14.2. The van der Waals surface area contributed by atoms with Crippen molar-refractivity contribution in [1.29, 1.82) is 0 Å². The highest BCUT2D eigenvalue weighted by Crippen LogP contribution is 2.26. The van der Waals surface area contributed by atoms with Gasteiger partial charge in [0.05, 0.1) is 15.0 Å². The maximum atomic E-state index is 5.81. The summed E-state index contributed by atoms with van der Waals surface area (Å²) in [6.07, 6.45) is 0. The molecule has 0 aliphatic carbocycles. The summed E-state index contributed by atoms with van der Waals surface area (Å²) in [6.45, 7) is 2.71. The number of anilines is 1. The number of hydrogen-bond donors (Lipinski definition) is 1. The van der Waals surface area contributed by atoms with Gasteiger partial charge < -0.3 is 10.6 Å². The number of aromatic nitrogens is 2. The molecule has 2 heterocycles. The molecule has 2 aromatic rings. The van der Waals surface area contributed by atoms with Crippen molar-refractivity contribution in [2.24, 2.45) is 12.8 Å². The van der Waals surface area contributed by atoms with Crippen LogP contribution in [-0.2, 0) is 13.6 Å². The van der Waals surface area contributed by atoms with Gasteiger partial charge in [0.15, 0.2) is 0 Å². The van der Waals surface area contributed by atoms with Crippen molar-refractivity contribution < 1.29 is 0 Å². The lowest BCUT2D eigenvalue weighted by Crippen LogP contribution is -2.23. The average molecular weight is 359 g/mol. The zero-order valence-corrected chi connectivity index (χ0v) is 14.2. The monoisotopic (exact) mass is 358 g/mol. The van der Waals surface area contributed by atoms with Crippen molar-refractivity contribution in [2.45, 2.75) is 13.5 Å². The lowest BCUT2D eigenvalue weighted by molar-refractivity contribution is 0.727. The van der Waals surface area contributed by atoms with E-state index in [0.29, 0.717) is 4.99 Å². The Labute approximate surface area is 130 Å². The van der Waals surface area contributed by atoms with Crippen molar-refractivity contribution in [1.82, 2.24) is 9.78 Å². The van der Waals surface area contributed by atoms with Crippen LogP contribution in [0.1, 0.15) is 16.8 Å². The average Bonchev–Trinajstić information content (AvgIpc) is 2.82. The molecule has 0 aromatic carbocycles. The topological polar surface area (TPSA) is 47.1 Å². The van der Waals surface area contributed by atoms with E-state index in [-0.39, 0.29) is 0 Å². The Morgan fingerprint density at radius 2 is 2.32 bits per heavy atom. The molecule has 0 bridgehead atoms. The Balaban J connectivity index is 2.33. The number of aryl methyl sites for hydroxylation is 2. The van der Waals surface area contributed by atoms with Gasteiger partial charge in [0, 0.05) is 20.6 Å². The molecular formula is C12H15BrN4S2. The molecule has 19 heavy (non-hydrogen) atoms. The van der Waals surface area contributed by atoms with Gasteiger partial charge in [-0.3, -0.25) is 4.68 Å². The summed E-state index contributed by atoms with van der Waals surface area (Å²) in [5.41, 5.74) is 8.77. The lowest BCUT2D eigenvalue weighted by Gasteiger charge is -2.20. The van der Waals surface area contributed by atoms with Crippen molar-refractivity contribution >= 4 is 50.3 Å². The Hall–Kier alpha value is -0.920. The quantitative estimate of drug-likeness (QED) is 0.853. The number of rotatable bonds is 4. The molecular weight excluding hydrogens is 344 g/mol. The van der Waals surface area contributed by atoms with Gasteiger partial charge in [-0.15, -0.1) is 11.3 Å². The normalized spacial score (nSPS) is 10.7. The molecule has 0 aliphatic heterocycles. The Bertz CT molecular complexity index is 617. The van der Waals surface area contributed by atoms with E-state index < -0.39 is 0 Å². The minimum absolute atomic E-state index is 0.388. The lowest BCUT2D eigenvalue weighted by atomic mass is 10.2. The van der Waals surface area contributed by atoms with Gasteiger partial charge in [0.2, 0.25) is 0 Å². The number of hydrogen-bond acceptors (Lipinski definition) is 4. The fourth-order valence-corrected chi connectivity index (χ4v) is 3.59. The Morgan fingerprint density at radius 1 is 1.63 bits per heavy atom. The largest absolute Gasteiger partial charge is 0.389 e. The Kier molecular flexibility index (Phi) is 4.27. The van der Waals surface area contributed by atoms with E-state index in [9.17, 15) is 0 Å². The molecule has 102 valence electrons. The number of nitrogens with zero attached hydrogens (tertiary/aromatic N) is 3. The maximum Gasteiger partial charge on any atom is 0.137 e. The molecule has 0 saturated heterocycles. The van der Waals surface area contributed by atoms with Gasteiger partial charge in [0.25, 0.3) is 0 Å². The van der Waals surface area contributed by atoms with E-state index in [2.05, 4.69) is 37.4 Å². The van der Waals surface area contributed by atoms with E-state index >= 15 is 0 Å². The van der Waals surface area contributed by atoms with Crippen LogP contribution in [-0.4, -0.2) is 21.8 Å². The third-order valence-corrected chi connectivity index (χ3v) is 4.60. The molecule has 4 nitrogen and oxygen atoms in total. The first-order valence-electron chi connectivity index (χ1n) is 5.67. The number of thiocarbonyl (C=S) groups is 1. The van der Waals surface area contributed by atoms with Crippen molar-refractivity contribution in [2.75, 3.05) is 11.9 Å². The molecule has 0 amide bonds. The zero-order valence-electron chi connectivity index (χ0n) is 11.0. The standard InChI is InChI=1S/C12H15BrN4S2/c1-7-10(11(14)18)12(17(3)15-7)16(2)5-8-4-9(13)19-6-8/h4,6H,5H2,1-3H3,(H2,14,18). The molecule has 0 saturated carbocycles. The molecule has 0 unspecified atom stereocenters. The number of thiophene rings is 1. The van der Waals surface area contributed by atoms with Gasteiger partial charge in [-0.05, 0) is 39.9 Å². The molecule has 0 fully saturated rings. The summed E-state index contributed by atoms with van der Waals surface area (Å²) >= 11 is 10.3. The van der Waals surface area contributed by atoms with Crippen LogP contribution in [0, 0.1) is 6.92 Å². The molecule has 2 aromatic heterocycles. The predicted molar refractivity (Wildman–Crippen MR) is 88.0 cm³/mol. The highest BCUT2D eigenvalue weighted by Gasteiger charge is 2.19. The van der Waals surface area contributed by atoms with E-state index in [4.69, 9.17) is 18.0 Å². The first-order chi connectivity index (χ1) is 8.90. The minimum Gasteiger partial charge on any atom is -0.389 e. The van der Waals surface area contributed by atoms with Crippen molar-refractivity contribution in [3.63, 3.8) is 0 Å². The number of nitrogens with two attached hydrogens (primary N) is 1. The van der Waals surface area contributed by atoms with Crippen LogP contribution < -0.4 is 10.6 Å². The van der Waals surface area contributed by atoms with E-state index in [1.54, 1.807) is 11.3 Å². The first-order valence-corrected chi connectivity index (χ1v) is 7.75. The van der Waals surface area contributed by atoms with Crippen LogP contribution >= 0.6 is 39.5 Å². The van der Waals surface area contributed by atoms with Gasteiger partial charge in [0.1, 0.15) is 10.8 Å². The third kappa shape index (κ3) is 2.98. The minimum atomic E-state index is 0.388. The molecule has 0 radical (unpaired) electrons. The summed E-state index contributed by atoms with van der Waals surface area (Å²) in [5, 5.41) is 6.53. The van der Waals surface area contributed by atoms with Crippen molar-refractivity contribution in [3.8, 4) is 0 Å². The van der Waals surface area contributed by atoms with E-state index in [1.165, 1.54) is 5.56 Å². The molecule has 0 aliphatic rings. The van der Waals surface area contributed by atoms with Gasteiger partial charge >= 0.3 is 0 Å². The van der Waals surface area contributed by atoms with Gasteiger partial charge in [-0.25, -0.2) is 0 Å². The van der Waals surface area contributed by atoms with E-state index in [0.717, 1.165) is 27.4 Å². The summed E-state index contributed by atoms with van der Waals surface area (Å²) in [5.74, 6) is 0.951. The maximum absolute atomic E-state index is 5.81. The fraction of sp³-hybridized carbons (Fsp3) is 0.333. The van der Waals surface area contributed by atoms with Crippen LogP contribution in [0.4, 0.5) is 5.82 Å². The number of halogens is 1. The SMILES string of the molecule is Cc1nn(C)c(N(C)Cc2csc(Br)c2)c1C(N)=S. The molecule has 0 spiro atoms. The fourth-order valence-electron chi connectivity index (χ4n) is 2.15. The van der Waals surface area contributed by atoms with Crippen LogP contribution in [0.25, 0.3) is 0 Å². The van der Waals surface area contributed by atoms with Gasteiger partial charge in [-0.2, -0.15) is 5.10 Å². The van der Waals surface area contributed by atoms with Crippen LogP contribution in [0.2, 0.25) is 0 Å².